The van der Waals surface area contributed by atoms with Gasteiger partial charge in [0.2, 0.25) is 0 Å². The highest BCUT2D eigenvalue weighted by molar-refractivity contribution is 6.58. The Balaban J connectivity index is 1.55. The van der Waals surface area contributed by atoms with Crippen LogP contribution < -0.4 is 9.47 Å². The van der Waals surface area contributed by atoms with Gasteiger partial charge in [-0.25, -0.2) is 0 Å². The van der Waals surface area contributed by atoms with Crippen molar-refractivity contribution in [3.05, 3.63) is 135 Å². The first-order valence-electron chi connectivity index (χ1n) is 15.5. The van der Waals surface area contributed by atoms with Gasteiger partial charge in [-0.3, -0.25) is 0 Å². The summed E-state index contributed by atoms with van der Waals surface area (Å²) in [6.45, 7) is 8.33. The van der Waals surface area contributed by atoms with E-state index in [1.807, 2.05) is 120 Å². The van der Waals surface area contributed by atoms with Gasteiger partial charge in [0.05, 0.1) is 5.57 Å². The van der Waals surface area contributed by atoms with E-state index in [1.165, 1.54) is 8.96 Å². The largest absolute Gasteiger partial charge is 0.737 e. The normalized spacial score (nSPS) is 15.5. The zero-order chi connectivity index (χ0) is 31.2. The van der Waals surface area contributed by atoms with Gasteiger partial charge in [0.1, 0.15) is 18.9 Å². The number of nitrogens with zero attached hydrogens (tertiary/aromatic N) is 2. The molecule has 0 unspecified atom stereocenters. The summed E-state index contributed by atoms with van der Waals surface area (Å²) < 4.78 is 48.7. The van der Waals surface area contributed by atoms with Gasteiger partial charge in [0, 0.05) is 23.8 Å². The molecule has 44 heavy (non-hydrogen) atoms. The zero-order valence-electron chi connectivity index (χ0n) is 26.4. The Morgan fingerprint density at radius 1 is 0.750 bits per heavy atom. The van der Waals surface area contributed by atoms with Gasteiger partial charge in [0.25, 0.3) is 0 Å². The molecule has 0 saturated carbocycles. The van der Waals surface area contributed by atoms with Crippen molar-refractivity contribution in [1.82, 2.24) is 4.48 Å². The lowest BCUT2D eigenvalue weighted by atomic mass is 9.83. The number of fused-ring (bicyclic) bond motifs is 2. The second-order valence-electron chi connectivity index (χ2n) is 11.7. The van der Waals surface area contributed by atoms with Gasteiger partial charge < -0.3 is 27.1 Å². The lowest BCUT2D eigenvalue weighted by Gasteiger charge is -2.34. The van der Waals surface area contributed by atoms with E-state index in [0.717, 1.165) is 44.5 Å². The van der Waals surface area contributed by atoms with E-state index in [0.29, 0.717) is 60.4 Å². The molecular formula is C37H39BF2N2O2. The van der Waals surface area contributed by atoms with Crippen molar-refractivity contribution in [2.24, 2.45) is 0 Å². The molecule has 0 radical (unpaired) electrons. The SMILES string of the molecule is CCC1=C(C)C2=C(c3ccc(OCc4ccccc4)c(OCc4ccccc4)c3)c3c(C)c(CC)c(C)n3[B-](F)(F)[N+]2=C1C. The third kappa shape index (κ3) is 4.79. The topological polar surface area (TPSA) is 26.4 Å². The van der Waals surface area contributed by atoms with Crippen LogP contribution in [-0.4, -0.2) is 21.6 Å². The van der Waals surface area contributed by atoms with Crippen LogP contribution in [0.25, 0.3) is 5.57 Å². The Kier molecular flexibility index (Phi) is 7.83. The smallest absolute Gasteiger partial charge is 0.485 e. The Hall–Kier alpha value is -4.39. The molecule has 0 atom stereocenters. The van der Waals surface area contributed by atoms with Gasteiger partial charge in [0.15, 0.2) is 17.2 Å². The van der Waals surface area contributed by atoms with Crippen molar-refractivity contribution in [3.63, 3.8) is 0 Å². The second-order valence-corrected chi connectivity index (χ2v) is 11.7. The molecule has 226 valence electrons. The Bertz CT molecular complexity index is 1840. The molecule has 0 spiro atoms. The molecule has 0 aliphatic carbocycles. The van der Waals surface area contributed by atoms with Crippen LogP contribution in [0.3, 0.4) is 0 Å². The summed E-state index contributed by atoms with van der Waals surface area (Å²) in [4.78, 5) is 0. The third-order valence-corrected chi connectivity index (χ3v) is 9.20. The summed E-state index contributed by atoms with van der Waals surface area (Å²) >= 11 is 0. The monoisotopic (exact) mass is 592 g/mol. The average Bonchev–Trinajstić information content (AvgIpc) is 3.44. The molecule has 2 aliphatic rings. The molecule has 0 N–H and O–H groups in total. The Labute approximate surface area is 259 Å². The molecule has 4 aromatic rings. The Morgan fingerprint density at radius 3 is 1.91 bits per heavy atom. The maximum absolute atomic E-state index is 16.7. The van der Waals surface area contributed by atoms with Crippen LogP contribution in [0.1, 0.15) is 73.3 Å². The summed E-state index contributed by atoms with van der Waals surface area (Å²) in [6, 6.07) is 25.8. The maximum Gasteiger partial charge on any atom is 0.737 e. The molecule has 0 saturated heterocycles. The number of aromatic nitrogens is 1. The summed E-state index contributed by atoms with van der Waals surface area (Å²) in [5.74, 6) is 1.18. The fraction of sp³-hybridized carbons (Fsp3) is 0.270. The third-order valence-electron chi connectivity index (χ3n) is 9.20. The van der Waals surface area contributed by atoms with Crippen LogP contribution in [0.4, 0.5) is 8.63 Å². The minimum Gasteiger partial charge on any atom is -0.485 e. The lowest BCUT2D eigenvalue weighted by Crippen LogP contribution is -2.51. The molecule has 0 fully saturated rings. The number of halogens is 2. The molecule has 0 amide bonds. The quantitative estimate of drug-likeness (QED) is 0.181. The van der Waals surface area contributed by atoms with E-state index in [2.05, 4.69) is 0 Å². The number of ether oxygens (including phenoxy) is 2. The Morgan fingerprint density at radius 2 is 1.34 bits per heavy atom. The first-order valence-corrected chi connectivity index (χ1v) is 15.5. The fourth-order valence-electron chi connectivity index (χ4n) is 7.12. The highest BCUT2D eigenvalue weighted by Crippen LogP contribution is 2.48. The van der Waals surface area contributed by atoms with Gasteiger partial charge >= 0.3 is 6.97 Å². The van der Waals surface area contributed by atoms with E-state index >= 15 is 8.63 Å². The summed E-state index contributed by atoms with van der Waals surface area (Å²) in [5, 5.41) is 0. The first-order chi connectivity index (χ1) is 21.2. The van der Waals surface area contributed by atoms with Crippen LogP contribution in [0.15, 0.2) is 95.7 Å². The average molecular weight is 593 g/mol. The fourth-order valence-corrected chi connectivity index (χ4v) is 7.12. The summed E-state index contributed by atoms with van der Waals surface area (Å²) in [5.41, 5.74) is 9.88. The van der Waals surface area contributed by atoms with Crippen molar-refractivity contribution >= 4 is 18.3 Å². The molecule has 1 aromatic heterocycles. The molecule has 4 nitrogen and oxygen atoms in total. The van der Waals surface area contributed by atoms with E-state index in [9.17, 15) is 0 Å². The first kappa shape index (κ1) is 29.7. The van der Waals surface area contributed by atoms with Crippen LogP contribution in [0.2, 0.25) is 0 Å². The van der Waals surface area contributed by atoms with Gasteiger partial charge in [-0.15, -0.1) is 0 Å². The summed E-state index contributed by atoms with van der Waals surface area (Å²) in [7, 11) is 0. The zero-order valence-corrected chi connectivity index (χ0v) is 26.4. The number of allylic oxidation sites excluding steroid dienone is 2. The number of benzene rings is 3. The lowest BCUT2D eigenvalue weighted by molar-refractivity contribution is -0.363. The highest BCUT2D eigenvalue weighted by atomic mass is 19.2. The number of hydrogen-bond donors (Lipinski definition) is 0. The number of hydrogen-bond acceptors (Lipinski definition) is 2. The van der Waals surface area contributed by atoms with Crippen molar-refractivity contribution in [3.8, 4) is 11.5 Å². The molecule has 2 aliphatic heterocycles. The second kappa shape index (κ2) is 11.6. The van der Waals surface area contributed by atoms with E-state index in [1.54, 1.807) is 0 Å². The summed E-state index contributed by atoms with van der Waals surface area (Å²) in [6.07, 6.45) is 1.36. The van der Waals surface area contributed by atoms with E-state index in [-0.39, 0.29) is 0 Å². The van der Waals surface area contributed by atoms with Gasteiger partial charge in [-0.05, 0) is 79.3 Å². The maximum atomic E-state index is 16.7. The molecule has 3 aromatic carbocycles. The van der Waals surface area contributed by atoms with Crippen molar-refractivity contribution in [1.29, 1.82) is 0 Å². The van der Waals surface area contributed by atoms with Gasteiger partial charge in [-0.2, -0.15) is 0 Å². The molecule has 0 bridgehead atoms. The predicted molar refractivity (Wildman–Crippen MR) is 175 cm³/mol. The predicted octanol–water partition coefficient (Wildman–Crippen LogP) is 9.03. The van der Waals surface area contributed by atoms with E-state index < -0.39 is 6.97 Å². The van der Waals surface area contributed by atoms with Crippen LogP contribution in [0.5, 0.6) is 11.5 Å². The standard InChI is InChI=1S/C37H39BF2N2O2/c1-7-31-24(3)36-35(37-25(4)32(8-2)27(6)42(37)38(39,40)41(36)26(31)5)30-19-20-33(43-22-28-15-11-9-12-16-28)34(21-30)44-23-29-17-13-10-14-18-29/h9-21H,7-8,22-23H2,1-6H3. The molecular weight excluding hydrogens is 553 g/mol. The molecule has 3 heterocycles. The van der Waals surface area contributed by atoms with Crippen LogP contribution in [-0.2, 0) is 19.6 Å². The van der Waals surface area contributed by atoms with Crippen molar-refractivity contribution in [2.75, 3.05) is 0 Å². The molecule has 6 rings (SSSR count). The molecule has 7 heteroatoms. The van der Waals surface area contributed by atoms with E-state index in [4.69, 9.17) is 9.47 Å². The highest BCUT2D eigenvalue weighted by Gasteiger charge is 2.56. The number of rotatable bonds is 9. The van der Waals surface area contributed by atoms with Crippen molar-refractivity contribution in [2.45, 2.75) is 67.6 Å². The van der Waals surface area contributed by atoms with Crippen LogP contribution >= 0.6 is 0 Å². The van der Waals surface area contributed by atoms with Crippen LogP contribution in [0, 0.1) is 13.8 Å². The minimum atomic E-state index is -4.09. The van der Waals surface area contributed by atoms with Crippen molar-refractivity contribution < 1.29 is 22.6 Å². The minimum absolute atomic E-state index is 0.353. The van der Waals surface area contributed by atoms with Gasteiger partial charge in [-0.1, -0.05) is 80.6 Å².